The lowest BCUT2D eigenvalue weighted by molar-refractivity contribution is -0.119. The highest BCUT2D eigenvalue weighted by atomic mass is 19.2. The van der Waals surface area contributed by atoms with Gasteiger partial charge in [-0.2, -0.15) is 0 Å². The van der Waals surface area contributed by atoms with Gasteiger partial charge in [0.2, 0.25) is 5.91 Å². The van der Waals surface area contributed by atoms with E-state index < -0.39 is 23.6 Å². The van der Waals surface area contributed by atoms with Crippen molar-refractivity contribution in [2.75, 3.05) is 0 Å². The quantitative estimate of drug-likeness (QED) is 0.820. The fourth-order valence-corrected chi connectivity index (χ4v) is 1.34. The fourth-order valence-electron chi connectivity index (χ4n) is 1.34. The molecule has 0 saturated heterocycles. The maximum atomic E-state index is 12.9. The second-order valence-electron chi connectivity index (χ2n) is 3.69. The molecule has 1 rings (SSSR count). The molecule has 3 N–H and O–H groups in total. The highest BCUT2D eigenvalue weighted by Gasteiger charge is 2.14. The van der Waals surface area contributed by atoms with Gasteiger partial charge in [-0.15, -0.1) is 0 Å². The van der Waals surface area contributed by atoms with E-state index in [9.17, 15) is 13.6 Å². The summed E-state index contributed by atoms with van der Waals surface area (Å²) in [7, 11) is 0. The molecule has 1 amide bonds. The van der Waals surface area contributed by atoms with Crippen molar-refractivity contribution >= 4 is 5.91 Å². The van der Waals surface area contributed by atoms with E-state index in [0.29, 0.717) is 5.56 Å². The summed E-state index contributed by atoms with van der Waals surface area (Å²) in [6.45, 7) is 3.35. The molecule has 0 heterocycles. The Bertz CT molecular complexity index is 396. The second-order valence-corrected chi connectivity index (χ2v) is 3.69. The zero-order chi connectivity index (χ0) is 12.3. The number of halogens is 2. The van der Waals surface area contributed by atoms with E-state index in [2.05, 4.69) is 5.32 Å². The summed E-state index contributed by atoms with van der Waals surface area (Å²) in [5.74, 6) is -2.29. The minimum atomic E-state index is -0.905. The van der Waals surface area contributed by atoms with Gasteiger partial charge >= 0.3 is 0 Å². The molecule has 0 fully saturated rings. The number of hydrogen-bond donors (Lipinski definition) is 2. The maximum absolute atomic E-state index is 12.9. The third-order valence-corrected chi connectivity index (χ3v) is 2.37. The first-order valence-electron chi connectivity index (χ1n) is 4.92. The van der Waals surface area contributed by atoms with Crippen molar-refractivity contribution in [3.63, 3.8) is 0 Å². The van der Waals surface area contributed by atoms with Crippen LogP contribution in [0.2, 0.25) is 0 Å². The molecule has 1 aromatic carbocycles. The third kappa shape index (κ3) is 3.00. The van der Waals surface area contributed by atoms with Crippen LogP contribution >= 0.6 is 0 Å². The predicted octanol–water partition coefficient (Wildman–Crippen LogP) is 1.49. The van der Waals surface area contributed by atoms with Gasteiger partial charge in [-0.3, -0.25) is 10.1 Å². The molecule has 16 heavy (non-hydrogen) atoms. The van der Waals surface area contributed by atoms with Crippen molar-refractivity contribution in [2.24, 2.45) is 5.73 Å². The molecule has 0 aliphatic rings. The van der Waals surface area contributed by atoms with Gasteiger partial charge in [-0.05, 0) is 31.5 Å². The van der Waals surface area contributed by atoms with Crippen LogP contribution in [-0.4, -0.2) is 11.9 Å². The van der Waals surface area contributed by atoms with E-state index >= 15 is 0 Å². The number of hydrogen-bond acceptors (Lipinski definition) is 2. The van der Waals surface area contributed by atoms with E-state index in [-0.39, 0.29) is 6.04 Å². The van der Waals surface area contributed by atoms with E-state index in [1.165, 1.54) is 6.07 Å². The van der Waals surface area contributed by atoms with Crippen LogP contribution < -0.4 is 11.1 Å². The summed E-state index contributed by atoms with van der Waals surface area (Å²) < 4.78 is 25.6. The molecule has 0 aliphatic heterocycles. The lowest BCUT2D eigenvalue weighted by Crippen LogP contribution is -2.40. The van der Waals surface area contributed by atoms with Gasteiger partial charge < -0.3 is 5.73 Å². The lowest BCUT2D eigenvalue weighted by Gasteiger charge is -2.18. The van der Waals surface area contributed by atoms with Gasteiger partial charge in [0.05, 0.1) is 6.04 Å². The number of nitrogens with two attached hydrogens (primary N) is 1. The Morgan fingerprint density at radius 2 is 1.94 bits per heavy atom. The van der Waals surface area contributed by atoms with Gasteiger partial charge in [-0.25, -0.2) is 8.78 Å². The van der Waals surface area contributed by atoms with Gasteiger partial charge in [0.25, 0.3) is 0 Å². The number of primary amides is 1. The Balaban J connectivity index is 2.76. The Kier molecular flexibility index (Phi) is 3.95. The molecule has 0 aromatic heterocycles. The molecule has 0 bridgehead atoms. The van der Waals surface area contributed by atoms with Crippen LogP contribution in [-0.2, 0) is 4.79 Å². The zero-order valence-electron chi connectivity index (χ0n) is 9.13. The predicted molar refractivity (Wildman–Crippen MR) is 56.6 cm³/mol. The standard InChI is InChI=1S/C11H14F2N2O/c1-6(15-7(2)11(14)16)8-3-4-9(12)10(13)5-8/h3-7,15H,1-2H3,(H2,14,16)/t6-,7+/m1/s1. The van der Waals surface area contributed by atoms with Crippen LogP contribution in [0, 0.1) is 11.6 Å². The summed E-state index contributed by atoms with van der Waals surface area (Å²) in [5, 5.41) is 2.88. The topological polar surface area (TPSA) is 55.1 Å². The number of rotatable bonds is 4. The van der Waals surface area contributed by atoms with Crippen LogP contribution in [0.4, 0.5) is 8.78 Å². The van der Waals surface area contributed by atoms with E-state index in [0.717, 1.165) is 12.1 Å². The molecule has 3 nitrogen and oxygen atoms in total. The summed E-state index contributed by atoms with van der Waals surface area (Å²) in [6, 6.07) is 2.81. The average molecular weight is 228 g/mol. The van der Waals surface area contributed by atoms with Gasteiger partial charge in [0.15, 0.2) is 11.6 Å². The monoisotopic (exact) mass is 228 g/mol. The molecule has 1 aromatic rings. The summed E-state index contributed by atoms with van der Waals surface area (Å²) in [4.78, 5) is 10.8. The average Bonchev–Trinajstić information content (AvgIpc) is 2.21. The van der Waals surface area contributed by atoms with E-state index in [1.807, 2.05) is 0 Å². The fraction of sp³-hybridized carbons (Fsp3) is 0.364. The summed E-state index contributed by atoms with van der Waals surface area (Å²) in [5.41, 5.74) is 5.64. The molecule has 5 heteroatoms. The smallest absolute Gasteiger partial charge is 0.234 e. The van der Waals surface area contributed by atoms with Crippen molar-refractivity contribution < 1.29 is 13.6 Å². The Morgan fingerprint density at radius 3 is 2.44 bits per heavy atom. The van der Waals surface area contributed by atoms with Crippen LogP contribution in [0.5, 0.6) is 0 Å². The molecular formula is C11H14F2N2O. The molecule has 0 aliphatic carbocycles. The number of nitrogens with one attached hydrogen (secondary N) is 1. The SMILES string of the molecule is C[C@H](N[C@H](C)c1ccc(F)c(F)c1)C(N)=O. The lowest BCUT2D eigenvalue weighted by atomic mass is 10.1. The van der Waals surface area contributed by atoms with Crippen molar-refractivity contribution in [1.29, 1.82) is 0 Å². The van der Waals surface area contributed by atoms with E-state index in [1.54, 1.807) is 13.8 Å². The Labute approximate surface area is 92.6 Å². The largest absolute Gasteiger partial charge is 0.368 e. The Hall–Kier alpha value is -1.49. The van der Waals surface area contributed by atoms with Gasteiger partial charge in [0, 0.05) is 6.04 Å². The van der Waals surface area contributed by atoms with Crippen LogP contribution in [0.25, 0.3) is 0 Å². The first-order chi connectivity index (χ1) is 7.41. The summed E-state index contributed by atoms with van der Waals surface area (Å²) >= 11 is 0. The first-order valence-corrected chi connectivity index (χ1v) is 4.92. The van der Waals surface area contributed by atoms with Gasteiger partial charge in [-0.1, -0.05) is 6.07 Å². The molecule has 0 radical (unpaired) electrons. The minimum Gasteiger partial charge on any atom is -0.368 e. The molecule has 88 valence electrons. The first kappa shape index (κ1) is 12.6. The van der Waals surface area contributed by atoms with Crippen LogP contribution in [0.1, 0.15) is 25.5 Å². The van der Waals surface area contributed by atoms with Crippen LogP contribution in [0.15, 0.2) is 18.2 Å². The normalized spacial score (nSPS) is 14.5. The number of amides is 1. The zero-order valence-corrected chi connectivity index (χ0v) is 9.13. The van der Waals surface area contributed by atoms with Crippen LogP contribution in [0.3, 0.4) is 0 Å². The molecule has 0 unspecified atom stereocenters. The second kappa shape index (κ2) is 5.03. The molecule has 2 atom stereocenters. The van der Waals surface area contributed by atoms with Crippen molar-refractivity contribution in [3.05, 3.63) is 35.4 Å². The van der Waals surface area contributed by atoms with Gasteiger partial charge in [0.1, 0.15) is 0 Å². The van der Waals surface area contributed by atoms with Crippen molar-refractivity contribution in [2.45, 2.75) is 25.9 Å². The maximum Gasteiger partial charge on any atom is 0.234 e. The van der Waals surface area contributed by atoms with Crippen molar-refractivity contribution in [1.82, 2.24) is 5.32 Å². The number of benzene rings is 1. The Morgan fingerprint density at radius 1 is 1.31 bits per heavy atom. The number of carbonyl (C=O) groups excluding carboxylic acids is 1. The highest BCUT2D eigenvalue weighted by Crippen LogP contribution is 2.16. The third-order valence-electron chi connectivity index (χ3n) is 2.37. The van der Waals surface area contributed by atoms with Crippen molar-refractivity contribution in [3.8, 4) is 0 Å². The minimum absolute atomic E-state index is 0.280. The number of carbonyl (C=O) groups is 1. The molecule has 0 spiro atoms. The molecular weight excluding hydrogens is 214 g/mol. The highest BCUT2D eigenvalue weighted by molar-refractivity contribution is 5.79. The molecule has 0 saturated carbocycles. The summed E-state index contributed by atoms with van der Waals surface area (Å²) in [6.07, 6.45) is 0. The van der Waals surface area contributed by atoms with E-state index in [4.69, 9.17) is 5.73 Å².